The molecule has 0 saturated heterocycles. The number of halogens is 1. The molecule has 1 N–H and O–H groups in total. The summed E-state index contributed by atoms with van der Waals surface area (Å²) in [5.41, 5.74) is 0.421. The molecule has 1 atom stereocenters. The average Bonchev–Trinajstić information content (AvgIpc) is 2.72. The highest BCUT2D eigenvalue weighted by Crippen LogP contribution is 2.17. The van der Waals surface area contributed by atoms with Crippen molar-refractivity contribution in [2.45, 2.75) is 52.0 Å². The predicted molar refractivity (Wildman–Crippen MR) is 69.4 cm³/mol. The van der Waals surface area contributed by atoms with Crippen molar-refractivity contribution in [3.63, 3.8) is 0 Å². The normalized spacial score (nSPS) is 12.4. The Balaban J connectivity index is 2.54. The van der Waals surface area contributed by atoms with Gasteiger partial charge >= 0.3 is 0 Å². The van der Waals surface area contributed by atoms with Crippen LogP contribution < -0.4 is 5.32 Å². The average molecular weight is 258 g/mol. The van der Waals surface area contributed by atoms with E-state index in [4.69, 9.17) is 16.0 Å². The second-order valence-electron chi connectivity index (χ2n) is 4.21. The van der Waals surface area contributed by atoms with Gasteiger partial charge in [0, 0.05) is 6.04 Å². The summed E-state index contributed by atoms with van der Waals surface area (Å²) >= 11 is 5.77. The lowest BCUT2D eigenvalue weighted by Crippen LogP contribution is -2.34. The third-order valence-corrected chi connectivity index (χ3v) is 3.03. The standard InChI is InChI=1S/C13H20ClNO2/c1-3-5-7-10(6-4-2)15-13(16)11-8-9-17-12(11)14/h8-10H,3-7H2,1-2H3,(H,15,16). The van der Waals surface area contributed by atoms with E-state index in [1.807, 2.05) is 0 Å². The molecule has 4 heteroatoms. The van der Waals surface area contributed by atoms with Crippen LogP contribution in [0, 0.1) is 0 Å². The van der Waals surface area contributed by atoms with E-state index < -0.39 is 0 Å². The lowest BCUT2D eigenvalue weighted by molar-refractivity contribution is 0.0931. The van der Waals surface area contributed by atoms with Gasteiger partial charge in [0.25, 0.3) is 5.91 Å². The van der Waals surface area contributed by atoms with Crippen molar-refractivity contribution in [1.29, 1.82) is 0 Å². The van der Waals surface area contributed by atoms with Gasteiger partial charge in [0.15, 0.2) is 0 Å². The van der Waals surface area contributed by atoms with E-state index in [-0.39, 0.29) is 17.2 Å². The van der Waals surface area contributed by atoms with Gasteiger partial charge in [-0.3, -0.25) is 4.79 Å². The molecule has 0 aromatic carbocycles. The number of amides is 1. The number of rotatable bonds is 7. The summed E-state index contributed by atoms with van der Waals surface area (Å²) in [5, 5.41) is 3.17. The zero-order chi connectivity index (χ0) is 12.7. The Morgan fingerprint density at radius 3 is 2.71 bits per heavy atom. The Labute approximate surface area is 108 Å². The van der Waals surface area contributed by atoms with E-state index in [2.05, 4.69) is 19.2 Å². The van der Waals surface area contributed by atoms with Gasteiger partial charge in [-0.2, -0.15) is 0 Å². The van der Waals surface area contributed by atoms with Gasteiger partial charge < -0.3 is 9.73 Å². The van der Waals surface area contributed by atoms with Crippen LogP contribution in [0.2, 0.25) is 5.22 Å². The SMILES string of the molecule is CCCCC(CCC)NC(=O)c1ccoc1Cl. The fraction of sp³-hybridized carbons (Fsp3) is 0.615. The van der Waals surface area contributed by atoms with Crippen LogP contribution in [0.4, 0.5) is 0 Å². The molecule has 0 bridgehead atoms. The van der Waals surface area contributed by atoms with Crippen LogP contribution in [0.25, 0.3) is 0 Å². The number of nitrogens with one attached hydrogen (secondary N) is 1. The summed E-state index contributed by atoms with van der Waals surface area (Å²) in [5.74, 6) is -0.140. The van der Waals surface area contributed by atoms with E-state index in [9.17, 15) is 4.79 Å². The molecule has 0 aliphatic carbocycles. The van der Waals surface area contributed by atoms with Gasteiger partial charge in [-0.25, -0.2) is 0 Å². The summed E-state index contributed by atoms with van der Waals surface area (Å²) in [7, 11) is 0. The van der Waals surface area contributed by atoms with Crippen molar-refractivity contribution >= 4 is 17.5 Å². The molecule has 96 valence electrons. The minimum absolute atomic E-state index is 0.140. The first kappa shape index (κ1) is 14.1. The zero-order valence-electron chi connectivity index (χ0n) is 10.5. The summed E-state index contributed by atoms with van der Waals surface area (Å²) < 4.78 is 4.91. The largest absolute Gasteiger partial charge is 0.452 e. The topological polar surface area (TPSA) is 42.2 Å². The molecule has 0 fully saturated rings. The summed E-state index contributed by atoms with van der Waals surface area (Å²) in [6.07, 6.45) is 6.78. The Morgan fingerprint density at radius 1 is 1.41 bits per heavy atom. The summed E-state index contributed by atoms with van der Waals surface area (Å²) in [4.78, 5) is 11.9. The molecule has 0 saturated carbocycles. The van der Waals surface area contributed by atoms with Gasteiger partial charge in [0.2, 0.25) is 5.22 Å². The first-order chi connectivity index (χ1) is 8.19. The molecule has 0 aliphatic rings. The molecular weight excluding hydrogens is 238 g/mol. The molecule has 17 heavy (non-hydrogen) atoms. The number of hydrogen-bond donors (Lipinski definition) is 1. The Hall–Kier alpha value is -0.960. The van der Waals surface area contributed by atoms with Gasteiger partial charge in [-0.05, 0) is 30.5 Å². The molecule has 0 radical (unpaired) electrons. The van der Waals surface area contributed by atoms with Crippen LogP contribution in [-0.4, -0.2) is 11.9 Å². The fourth-order valence-electron chi connectivity index (χ4n) is 1.81. The Bertz CT molecular complexity index is 349. The lowest BCUT2D eigenvalue weighted by Gasteiger charge is -2.17. The van der Waals surface area contributed by atoms with Gasteiger partial charge in [-0.1, -0.05) is 33.1 Å². The monoisotopic (exact) mass is 257 g/mol. The molecule has 1 amide bonds. The number of carbonyl (C=O) groups is 1. The van der Waals surface area contributed by atoms with E-state index in [0.717, 1.165) is 32.1 Å². The second-order valence-corrected chi connectivity index (χ2v) is 4.55. The van der Waals surface area contributed by atoms with Crippen molar-refractivity contribution in [3.8, 4) is 0 Å². The third kappa shape index (κ3) is 4.43. The number of carbonyl (C=O) groups excluding carboxylic acids is 1. The Morgan fingerprint density at radius 2 is 2.18 bits per heavy atom. The number of hydrogen-bond acceptors (Lipinski definition) is 2. The summed E-state index contributed by atoms with van der Waals surface area (Å²) in [6, 6.07) is 1.83. The van der Waals surface area contributed by atoms with Crippen molar-refractivity contribution in [2.75, 3.05) is 0 Å². The van der Waals surface area contributed by atoms with Crippen molar-refractivity contribution in [3.05, 3.63) is 23.1 Å². The van der Waals surface area contributed by atoms with Crippen LogP contribution in [0.15, 0.2) is 16.7 Å². The predicted octanol–water partition coefficient (Wildman–Crippen LogP) is 4.02. The molecule has 1 aromatic heterocycles. The smallest absolute Gasteiger partial charge is 0.256 e. The highest BCUT2D eigenvalue weighted by Gasteiger charge is 2.16. The second kappa shape index (κ2) is 7.38. The zero-order valence-corrected chi connectivity index (χ0v) is 11.2. The Kier molecular flexibility index (Phi) is 6.12. The van der Waals surface area contributed by atoms with Gasteiger partial charge in [0.05, 0.1) is 11.8 Å². The van der Waals surface area contributed by atoms with E-state index in [0.29, 0.717) is 5.56 Å². The van der Waals surface area contributed by atoms with Crippen LogP contribution in [0.3, 0.4) is 0 Å². The highest BCUT2D eigenvalue weighted by molar-refractivity contribution is 6.32. The molecular formula is C13H20ClNO2. The fourth-order valence-corrected chi connectivity index (χ4v) is 2.01. The molecule has 1 rings (SSSR count). The van der Waals surface area contributed by atoms with Crippen LogP contribution in [0.5, 0.6) is 0 Å². The molecule has 1 heterocycles. The van der Waals surface area contributed by atoms with Crippen LogP contribution in [0.1, 0.15) is 56.3 Å². The van der Waals surface area contributed by atoms with Crippen LogP contribution in [-0.2, 0) is 0 Å². The first-order valence-electron chi connectivity index (χ1n) is 6.22. The van der Waals surface area contributed by atoms with Crippen molar-refractivity contribution in [1.82, 2.24) is 5.32 Å². The molecule has 3 nitrogen and oxygen atoms in total. The minimum Gasteiger partial charge on any atom is -0.452 e. The first-order valence-corrected chi connectivity index (χ1v) is 6.60. The van der Waals surface area contributed by atoms with Crippen LogP contribution >= 0.6 is 11.6 Å². The summed E-state index contributed by atoms with van der Waals surface area (Å²) in [6.45, 7) is 4.27. The lowest BCUT2D eigenvalue weighted by atomic mass is 10.0. The maximum atomic E-state index is 11.9. The van der Waals surface area contributed by atoms with Crippen molar-refractivity contribution < 1.29 is 9.21 Å². The third-order valence-electron chi connectivity index (χ3n) is 2.74. The van der Waals surface area contributed by atoms with Gasteiger partial charge in [-0.15, -0.1) is 0 Å². The molecule has 1 aromatic rings. The number of furan rings is 1. The maximum absolute atomic E-state index is 11.9. The molecule has 0 aliphatic heterocycles. The molecule has 0 spiro atoms. The number of unbranched alkanes of at least 4 members (excludes halogenated alkanes) is 1. The maximum Gasteiger partial charge on any atom is 0.256 e. The van der Waals surface area contributed by atoms with Gasteiger partial charge in [0.1, 0.15) is 0 Å². The van der Waals surface area contributed by atoms with E-state index in [1.54, 1.807) is 6.07 Å². The molecule has 1 unspecified atom stereocenters. The van der Waals surface area contributed by atoms with Crippen molar-refractivity contribution in [2.24, 2.45) is 0 Å². The minimum atomic E-state index is -0.140. The van der Waals surface area contributed by atoms with E-state index >= 15 is 0 Å². The highest BCUT2D eigenvalue weighted by atomic mass is 35.5. The van der Waals surface area contributed by atoms with E-state index in [1.165, 1.54) is 6.26 Å². The quantitative estimate of drug-likeness (QED) is 0.802.